The van der Waals surface area contributed by atoms with Gasteiger partial charge in [-0.05, 0) is 34.9 Å². The molecule has 0 bridgehead atoms. The maximum Gasteiger partial charge on any atom is 0.127 e. The molecular weight excluding hydrogens is 612 g/mol. The lowest BCUT2D eigenvalue weighted by atomic mass is 10.1. The van der Waals surface area contributed by atoms with Crippen LogP contribution < -0.4 is 26.0 Å². The molecule has 0 saturated carbocycles. The SMILES string of the molecule is CCC(CC)N(C[C@@H](COc1cccc2ccccc12)OP(c1ccccc1)c1ccccc1)P(c1ccccc1)c1ccccc1. The fraction of sp³-hybridized carbons (Fsp3) is 0.190. The van der Waals surface area contributed by atoms with Crippen LogP contribution >= 0.6 is 16.2 Å². The zero-order valence-corrected chi connectivity index (χ0v) is 29.0. The van der Waals surface area contributed by atoms with Gasteiger partial charge < -0.3 is 9.26 Å². The van der Waals surface area contributed by atoms with Crippen LogP contribution in [0.1, 0.15) is 26.7 Å². The second-order valence-electron chi connectivity index (χ2n) is 11.6. The molecule has 0 radical (unpaired) electrons. The molecule has 0 spiro atoms. The molecule has 0 fully saturated rings. The third-order valence-electron chi connectivity index (χ3n) is 8.42. The quantitative estimate of drug-likeness (QED) is 0.103. The molecule has 47 heavy (non-hydrogen) atoms. The van der Waals surface area contributed by atoms with E-state index in [0.29, 0.717) is 12.6 Å². The van der Waals surface area contributed by atoms with Crippen molar-refractivity contribution in [1.82, 2.24) is 4.67 Å². The summed E-state index contributed by atoms with van der Waals surface area (Å²) in [5, 5.41) is 7.39. The van der Waals surface area contributed by atoms with E-state index in [-0.39, 0.29) is 6.10 Å². The van der Waals surface area contributed by atoms with E-state index in [2.05, 4.69) is 182 Å². The van der Waals surface area contributed by atoms with E-state index in [1.165, 1.54) is 26.6 Å². The Morgan fingerprint density at radius 3 is 1.53 bits per heavy atom. The Balaban J connectivity index is 1.42. The van der Waals surface area contributed by atoms with Crippen molar-refractivity contribution in [2.24, 2.45) is 0 Å². The number of nitrogens with zero attached hydrogens (tertiary/aromatic N) is 1. The lowest BCUT2D eigenvalue weighted by molar-refractivity contribution is 0.115. The summed E-state index contributed by atoms with van der Waals surface area (Å²) in [6, 6.07) is 58.5. The van der Waals surface area contributed by atoms with E-state index in [4.69, 9.17) is 9.26 Å². The first-order valence-electron chi connectivity index (χ1n) is 16.6. The highest BCUT2D eigenvalue weighted by molar-refractivity contribution is 7.70. The lowest BCUT2D eigenvalue weighted by Gasteiger charge is -2.40. The fourth-order valence-electron chi connectivity index (χ4n) is 6.06. The largest absolute Gasteiger partial charge is 0.490 e. The predicted molar refractivity (Wildman–Crippen MR) is 204 cm³/mol. The van der Waals surface area contributed by atoms with Crippen molar-refractivity contribution >= 4 is 48.2 Å². The first-order valence-corrected chi connectivity index (χ1v) is 19.1. The van der Waals surface area contributed by atoms with Crippen LogP contribution in [0.4, 0.5) is 0 Å². The minimum atomic E-state index is -1.09. The summed E-state index contributed by atoms with van der Waals surface area (Å²) in [6.07, 6.45) is 1.91. The molecule has 0 unspecified atom stereocenters. The average Bonchev–Trinajstić information content (AvgIpc) is 3.14. The second-order valence-corrected chi connectivity index (χ2v) is 15.6. The van der Waals surface area contributed by atoms with E-state index in [1.807, 2.05) is 0 Å². The van der Waals surface area contributed by atoms with E-state index >= 15 is 0 Å². The summed E-state index contributed by atoms with van der Waals surface area (Å²) in [5.41, 5.74) is 0. The summed E-state index contributed by atoms with van der Waals surface area (Å²) in [4.78, 5) is 0. The molecule has 1 atom stereocenters. The molecule has 6 aromatic rings. The van der Waals surface area contributed by atoms with Crippen LogP contribution in [0.25, 0.3) is 10.8 Å². The maximum absolute atomic E-state index is 7.36. The molecule has 0 aliphatic heterocycles. The summed E-state index contributed by atoms with van der Waals surface area (Å²) in [7, 11) is -1.91. The number of hydrogen-bond donors (Lipinski definition) is 0. The van der Waals surface area contributed by atoms with Gasteiger partial charge in [-0.15, -0.1) is 0 Å². The van der Waals surface area contributed by atoms with Crippen molar-refractivity contribution in [3.05, 3.63) is 164 Å². The molecule has 0 aliphatic carbocycles. The van der Waals surface area contributed by atoms with E-state index in [9.17, 15) is 0 Å². The predicted octanol–water partition coefficient (Wildman–Crippen LogP) is 9.19. The molecule has 0 N–H and O–H groups in total. The molecule has 5 heteroatoms. The van der Waals surface area contributed by atoms with Crippen LogP contribution in [0.3, 0.4) is 0 Å². The summed E-state index contributed by atoms with van der Waals surface area (Å²) in [5.74, 6) is 0.892. The lowest BCUT2D eigenvalue weighted by Crippen LogP contribution is -2.43. The zero-order chi connectivity index (χ0) is 32.3. The van der Waals surface area contributed by atoms with Crippen molar-refractivity contribution < 1.29 is 9.26 Å². The normalized spacial score (nSPS) is 12.3. The monoisotopic (exact) mass is 655 g/mol. The van der Waals surface area contributed by atoms with Crippen LogP contribution in [-0.2, 0) is 4.52 Å². The van der Waals surface area contributed by atoms with E-state index in [1.54, 1.807) is 0 Å². The van der Waals surface area contributed by atoms with Gasteiger partial charge in [0.1, 0.15) is 18.5 Å². The van der Waals surface area contributed by atoms with E-state index < -0.39 is 16.2 Å². The number of benzene rings is 6. The van der Waals surface area contributed by atoms with Gasteiger partial charge in [0.15, 0.2) is 0 Å². The standard InChI is InChI=1S/C42H43NO2P2/c1-3-35(4-2)43(46(37-22-9-5-10-23-37)38-24-11-6-12-25-38)32-36(33-44-42-31-19-21-34-20-17-18-30-41(34)42)45-47(39-26-13-7-14-27-39)40-28-15-8-16-29-40/h5-31,35-36H,3-4,32-33H2,1-2H3/t36-/m0/s1. The van der Waals surface area contributed by atoms with Crippen LogP contribution in [0.15, 0.2) is 164 Å². The van der Waals surface area contributed by atoms with Gasteiger partial charge in [-0.2, -0.15) is 0 Å². The van der Waals surface area contributed by atoms with Crippen LogP contribution in [0, 0.1) is 0 Å². The Labute approximate surface area is 282 Å². The highest BCUT2D eigenvalue weighted by atomic mass is 31.1. The summed E-state index contributed by atoms with van der Waals surface area (Å²) in [6.45, 7) is 5.81. The highest BCUT2D eigenvalue weighted by Crippen LogP contribution is 2.44. The van der Waals surface area contributed by atoms with Gasteiger partial charge in [0, 0.05) is 36.7 Å². The third-order valence-corrected chi connectivity index (χ3v) is 13.0. The van der Waals surface area contributed by atoms with Crippen molar-refractivity contribution in [3.8, 4) is 5.75 Å². The summed E-state index contributed by atoms with van der Waals surface area (Å²) < 4.78 is 16.9. The molecule has 238 valence electrons. The van der Waals surface area contributed by atoms with Crippen molar-refractivity contribution in [2.75, 3.05) is 13.2 Å². The fourth-order valence-corrected chi connectivity index (χ4v) is 10.7. The van der Waals surface area contributed by atoms with Crippen molar-refractivity contribution in [2.45, 2.75) is 38.8 Å². The molecule has 0 saturated heterocycles. The van der Waals surface area contributed by atoms with E-state index in [0.717, 1.165) is 30.5 Å². The first-order chi connectivity index (χ1) is 23.2. The molecule has 6 rings (SSSR count). The van der Waals surface area contributed by atoms with Gasteiger partial charge in [0.2, 0.25) is 0 Å². The van der Waals surface area contributed by atoms with Gasteiger partial charge >= 0.3 is 0 Å². The maximum atomic E-state index is 7.36. The Morgan fingerprint density at radius 1 is 0.532 bits per heavy atom. The molecule has 0 aliphatic rings. The minimum Gasteiger partial charge on any atom is -0.490 e. The minimum absolute atomic E-state index is 0.196. The Kier molecular flexibility index (Phi) is 11.8. The topological polar surface area (TPSA) is 21.7 Å². The van der Waals surface area contributed by atoms with Gasteiger partial charge in [0.05, 0.1) is 8.15 Å². The Morgan fingerprint density at radius 2 is 1.00 bits per heavy atom. The van der Waals surface area contributed by atoms with Gasteiger partial charge in [-0.1, -0.05) is 172 Å². The molecule has 0 heterocycles. The van der Waals surface area contributed by atoms with Crippen LogP contribution in [-0.4, -0.2) is 30.0 Å². The van der Waals surface area contributed by atoms with Crippen molar-refractivity contribution in [3.63, 3.8) is 0 Å². The number of fused-ring (bicyclic) bond motifs is 1. The molecule has 0 amide bonds. The molecule has 3 nitrogen and oxygen atoms in total. The van der Waals surface area contributed by atoms with Crippen molar-refractivity contribution in [1.29, 1.82) is 0 Å². The van der Waals surface area contributed by atoms with Gasteiger partial charge in [-0.25, -0.2) is 0 Å². The van der Waals surface area contributed by atoms with Crippen LogP contribution in [0.2, 0.25) is 0 Å². The highest BCUT2D eigenvalue weighted by Gasteiger charge is 2.32. The van der Waals surface area contributed by atoms with Gasteiger partial charge in [-0.3, -0.25) is 4.67 Å². The zero-order valence-electron chi connectivity index (χ0n) is 27.2. The van der Waals surface area contributed by atoms with Crippen LogP contribution in [0.5, 0.6) is 5.75 Å². The number of hydrogen-bond acceptors (Lipinski definition) is 3. The molecule has 0 aromatic heterocycles. The Hall–Kier alpha value is -3.84. The second kappa shape index (κ2) is 16.8. The third kappa shape index (κ3) is 8.36. The Bertz CT molecular complexity index is 1700. The molecule has 6 aromatic carbocycles. The van der Waals surface area contributed by atoms with Gasteiger partial charge in [0.25, 0.3) is 0 Å². The summed E-state index contributed by atoms with van der Waals surface area (Å²) >= 11 is 0. The first kappa shape index (κ1) is 33.1. The smallest absolute Gasteiger partial charge is 0.127 e. The average molecular weight is 656 g/mol. The molecular formula is C42H43NO2P2. The number of ether oxygens (including phenoxy) is 1. The number of rotatable bonds is 15.